The van der Waals surface area contributed by atoms with Crippen molar-refractivity contribution < 1.29 is 13.2 Å². The largest absolute Gasteiger partial charge is 0.492 e. The second-order valence-electron chi connectivity index (χ2n) is 3.39. The Hall–Kier alpha value is -1.07. The average Bonchev–Trinajstić information content (AvgIpc) is 2.47. The highest BCUT2D eigenvalue weighted by Crippen LogP contribution is 2.33. The SMILES string of the molecule is Cc1cc2c(c(S(N)(=O)=O)c1)OCC2. The molecule has 0 aromatic heterocycles. The van der Waals surface area contributed by atoms with Crippen LogP contribution in [0.3, 0.4) is 0 Å². The first-order valence-electron chi connectivity index (χ1n) is 4.27. The number of hydrogen-bond donors (Lipinski definition) is 1. The summed E-state index contributed by atoms with van der Waals surface area (Å²) in [5.74, 6) is 0.429. The van der Waals surface area contributed by atoms with Crippen molar-refractivity contribution in [2.45, 2.75) is 18.2 Å². The lowest BCUT2D eigenvalue weighted by atomic mass is 10.1. The Balaban J connectivity index is 2.72. The van der Waals surface area contributed by atoms with Gasteiger partial charge in [-0.25, -0.2) is 13.6 Å². The predicted molar refractivity (Wildman–Crippen MR) is 51.8 cm³/mol. The van der Waals surface area contributed by atoms with Crippen molar-refractivity contribution in [1.82, 2.24) is 0 Å². The molecule has 1 aliphatic heterocycles. The third kappa shape index (κ3) is 1.49. The molecule has 0 aliphatic carbocycles. The minimum atomic E-state index is -3.68. The molecule has 0 saturated carbocycles. The van der Waals surface area contributed by atoms with Crippen molar-refractivity contribution >= 4 is 10.0 Å². The van der Waals surface area contributed by atoms with E-state index in [0.717, 1.165) is 17.5 Å². The fraction of sp³-hybridized carbons (Fsp3) is 0.333. The molecule has 0 bridgehead atoms. The molecule has 4 nitrogen and oxygen atoms in total. The molecule has 1 aromatic carbocycles. The van der Waals surface area contributed by atoms with Crippen molar-refractivity contribution in [2.24, 2.45) is 5.14 Å². The molecule has 5 heteroatoms. The third-order valence-electron chi connectivity index (χ3n) is 2.20. The van der Waals surface area contributed by atoms with Crippen LogP contribution in [0.5, 0.6) is 5.75 Å². The Morgan fingerprint density at radius 2 is 2.14 bits per heavy atom. The van der Waals surface area contributed by atoms with Crippen LogP contribution in [0.1, 0.15) is 11.1 Å². The van der Waals surface area contributed by atoms with E-state index in [2.05, 4.69) is 0 Å². The van der Waals surface area contributed by atoms with Gasteiger partial charge in [-0.1, -0.05) is 6.07 Å². The normalized spacial score (nSPS) is 15.0. The van der Waals surface area contributed by atoms with E-state index in [9.17, 15) is 8.42 Å². The van der Waals surface area contributed by atoms with E-state index < -0.39 is 10.0 Å². The van der Waals surface area contributed by atoms with E-state index in [1.54, 1.807) is 6.07 Å². The highest BCUT2D eigenvalue weighted by atomic mass is 32.2. The molecule has 0 spiro atoms. The van der Waals surface area contributed by atoms with Crippen LogP contribution in [0, 0.1) is 6.92 Å². The number of primary sulfonamides is 1. The van der Waals surface area contributed by atoms with Crippen molar-refractivity contribution in [3.8, 4) is 5.75 Å². The van der Waals surface area contributed by atoms with E-state index in [4.69, 9.17) is 9.88 Å². The monoisotopic (exact) mass is 213 g/mol. The van der Waals surface area contributed by atoms with Crippen LogP contribution in [0.4, 0.5) is 0 Å². The number of sulfonamides is 1. The summed E-state index contributed by atoms with van der Waals surface area (Å²) in [7, 11) is -3.68. The van der Waals surface area contributed by atoms with E-state index in [1.165, 1.54) is 0 Å². The fourth-order valence-electron chi connectivity index (χ4n) is 1.64. The van der Waals surface area contributed by atoms with Gasteiger partial charge in [0, 0.05) is 6.42 Å². The molecule has 2 N–H and O–H groups in total. The summed E-state index contributed by atoms with van der Waals surface area (Å²) in [6.07, 6.45) is 0.750. The molecule has 0 atom stereocenters. The summed E-state index contributed by atoms with van der Waals surface area (Å²) >= 11 is 0. The van der Waals surface area contributed by atoms with Crippen molar-refractivity contribution in [1.29, 1.82) is 0 Å². The fourth-order valence-corrected chi connectivity index (χ4v) is 2.44. The van der Waals surface area contributed by atoms with Crippen LogP contribution in [-0.4, -0.2) is 15.0 Å². The molecular weight excluding hydrogens is 202 g/mol. The van der Waals surface area contributed by atoms with Crippen molar-refractivity contribution in [2.75, 3.05) is 6.61 Å². The van der Waals surface area contributed by atoms with Crippen LogP contribution in [0.2, 0.25) is 0 Å². The molecule has 0 amide bonds. The van der Waals surface area contributed by atoms with Crippen molar-refractivity contribution in [3.63, 3.8) is 0 Å². The number of ether oxygens (including phenoxy) is 1. The zero-order chi connectivity index (χ0) is 10.3. The highest BCUT2D eigenvalue weighted by Gasteiger charge is 2.23. The second-order valence-corrected chi connectivity index (χ2v) is 4.92. The molecule has 2 rings (SSSR count). The Morgan fingerprint density at radius 1 is 1.43 bits per heavy atom. The second kappa shape index (κ2) is 2.96. The summed E-state index contributed by atoms with van der Waals surface area (Å²) in [4.78, 5) is 0.102. The average molecular weight is 213 g/mol. The molecule has 14 heavy (non-hydrogen) atoms. The maximum atomic E-state index is 11.2. The number of hydrogen-bond acceptors (Lipinski definition) is 3. The van der Waals surface area contributed by atoms with Gasteiger partial charge in [0.25, 0.3) is 0 Å². The Labute approximate surface area is 82.7 Å². The van der Waals surface area contributed by atoms with Gasteiger partial charge in [-0.05, 0) is 24.1 Å². The maximum Gasteiger partial charge on any atom is 0.241 e. The van der Waals surface area contributed by atoms with Gasteiger partial charge in [0.2, 0.25) is 10.0 Å². The Kier molecular flexibility index (Phi) is 2.01. The summed E-state index contributed by atoms with van der Waals surface area (Å²) in [6.45, 7) is 2.37. The first kappa shape index (κ1) is 9.48. The minimum Gasteiger partial charge on any atom is -0.492 e. The van der Waals surface area contributed by atoms with E-state index >= 15 is 0 Å². The van der Waals surface area contributed by atoms with Crippen LogP contribution < -0.4 is 9.88 Å². The molecule has 1 heterocycles. The molecule has 76 valence electrons. The van der Waals surface area contributed by atoms with E-state index in [-0.39, 0.29) is 4.90 Å². The number of rotatable bonds is 1. The predicted octanol–water partition coefficient (Wildman–Crippen LogP) is 0.577. The molecule has 0 radical (unpaired) electrons. The molecule has 1 aliphatic rings. The minimum absolute atomic E-state index is 0.102. The quantitative estimate of drug-likeness (QED) is 0.741. The van der Waals surface area contributed by atoms with Gasteiger partial charge < -0.3 is 4.74 Å². The van der Waals surface area contributed by atoms with E-state index in [0.29, 0.717) is 12.4 Å². The van der Waals surface area contributed by atoms with Crippen LogP contribution in [0.25, 0.3) is 0 Å². The van der Waals surface area contributed by atoms with Crippen LogP contribution in [0.15, 0.2) is 17.0 Å². The van der Waals surface area contributed by atoms with Gasteiger partial charge in [0.1, 0.15) is 10.6 Å². The lowest BCUT2D eigenvalue weighted by molar-refractivity contribution is 0.348. The molecule has 0 fully saturated rings. The smallest absolute Gasteiger partial charge is 0.241 e. The number of fused-ring (bicyclic) bond motifs is 1. The highest BCUT2D eigenvalue weighted by molar-refractivity contribution is 7.89. The summed E-state index contributed by atoms with van der Waals surface area (Å²) < 4.78 is 27.7. The molecular formula is C9H11NO3S. The molecule has 1 aromatic rings. The van der Waals surface area contributed by atoms with Crippen LogP contribution in [-0.2, 0) is 16.4 Å². The van der Waals surface area contributed by atoms with Gasteiger partial charge in [0.05, 0.1) is 6.61 Å². The van der Waals surface area contributed by atoms with Gasteiger partial charge in [-0.3, -0.25) is 0 Å². The zero-order valence-corrected chi connectivity index (χ0v) is 8.60. The number of nitrogens with two attached hydrogens (primary N) is 1. The summed E-state index contributed by atoms with van der Waals surface area (Å²) in [5.41, 5.74) is 1.81. The van der Waals surface area contributed by atoms with Gasteiger partial charge in [-0.2, -0.15) is 0 Å². The first-order valence-corrected chi connectivity index (χ1v) is 5.82. The molecule has 0 saturated heterocycles. The van der Waals surface area contributed by atoms with Gasteiger partial charge in [0.15, 0.2) is 0 Å². The third-order valence-corrected chi connectivity index (χ3v) is 3.12. The maximum absolute atomic E-state index is 11.2. The van der Waals surface area contributed by atoms with E-state index in [1.807, 2.05) is 13.0 Å². The van der Waals surface area contributed by atoms with Crippen LogP contribution >= 0.6 is 0 Å². The summed E-state index contributed by atoms with van der Waals surface area (Å²) in [5, 5.41) is 5.09. The topological polar surface area (TPSA) is 69.4 Å². The Bertz CT molecular complexity index is 479. The summed E-state index contributed by atoms with van der Waals surface area (Å²) in [6, 6.07) is 3.47. The number of benzene rings is 1. The standard InChI is InChI=1S/C9H11NO3S/c1-6-4-7-2-3-13-9(7)8(5-6)14(10,11)12/h4-5H,2-3H2,1H3,(H2,10,11,12). The van der Waals surface area contributed by atoms with Gasteiger partial charge in [-0.15, -0.1) is 0 Å². The lowest BCUT2D eigenvalue weighted by Gasteiger charge is -2.06. The van der Waals surface area contributed by atoms with Gasteiger partial charge >= 0.3 is 0 Å². The first-order chi connectivity index (χ1) is 6.48. The van der Waals surface area contributed by atoms with Crippen molar-refractivity contribution in [3.05, 3.63) is 23.3 Å². The zero-order valence-electron chi connectivity index (χ0n) is 7.78. The Morgan fingerprint density at radius 3 is 2.79 bits per heavy atom. The lowest BCUT2D eigenvalue weighted by Crippen LogP contribution is -2.13. The molecule has 0 unspecified atom stereocenters. The number of aryl methyl sites for hydroxylation is 1.